The first-order chi connectivity index (χ1) is 19.2. The molecule has 1 aliphatic heterocycles. The molecule has 0 amide bonds. The van der Waals surface area contributed by atoms with Crippen LogP contribution in [0.25, 0.3) is 60.5 Å². The van der Waals surface area contributed by atoms with Gasteiger partial charge in [-0.05, 0) is 87.1 Å². The molecule has 6 aromatic carbocycles. The summed E-state index contributed by atoms with van der Waals surface area (Å²) in [7, 11) is 0. The first-order valence-corrected chi connectivity index (χ1v) is 13.0. The van der Waals surface area contributed by atoms with Crippen LogP contribution in [-0.4, -0.2) is 9.55 Å². The van der Waals surface area contributed by atoms with Crippen LogP contribution in [0.2, 0.25) is 0 Å². The van der Waals surface area contributed by atoms with E-state index in [1.807, 2.05) is 49.4 Å². The summed E-state index contributed by atoms with van der Waals surface area (Å²) in [5, 5.41) is 14.0. The fourth-order valence-corrected chi connectivity index (χ4v) is 6.11. The number of para-hydroxylation sites is 1. The van der Waals surface area contributed by atoms with E-state index < -0.39 is 0 Å². The maximum absolute atomic E-state index is 9.32. The summed E-state index contributed by atoms with van der Waals surface area (Å²) in [6, 6.07) is 39.8. The lowest BCUT2D eigenvalue weighted by atomic mass is 9.86. The number of aryl methyl sites for hydroxylation is 1. The van der Waals surface area contributed by atoms with Crippen molar-refractivity contribution in [3.05, 3.63) is 121 Å². The van der Waals surface area contributed by atoms with E-state index in [1.54, 1.807) is 0 Å². The fraction of sp³-hybridized carbons (Fsp3) is 0.0286. The smallest absolute Gasteiger partial charge is 0.153 e. The van der Waals surface area contributed by atoms with Crippen LogP contribution in [0.3, 0.4) is 0 Å². The molecule has 0 atom stereocenters. The summed E-state index contributed by atoms with van der Waals surface area (Å²) in [5.74, 6) is 2.58. The molecule has 0 saturated heterocycles. The van der Waals surface area contributed by atoms with Gasteiger partial charge in [-0.3, -0.25) is 4.57 Å². The minimum absolute atomic E-state index is 0.657. The van der Waals surface area contributed by atoms with E-state index >= 15 is 0 Å². The Balaban J connectivity index is 1.41. The number of nitrogens with zero attached hydrogens (tertiary/aromatic N) is 3. The summed E-state index contributed by atoms with van der Waals surface area (Å²) in [6.07, 6.45) is 0. The van der Waals surface area contributed by atoms with Gasteiger partial charge in [-0.25, -0.2) is 4.98 Å². The number of aromatic nitrogens is 2. The molecule has 0 bridgehead atoms. The van der Waals surface area contributed by atoms with E-state index in [2.05, 4.69) is 77.4 Å². The van der Waals surface area contributed by atoms with Gasteiger partial charge < -0.3 is 4.74 Å². The number of benzene rings is 6. The Morgan fingerprint density at radius 3 is 1.92 bits per heavy atom. The maximum atomic E-state index is 9.32. The third kappa shape index (κ3) is 3.08. The van der Waals surface area contributed by atoms with Crippen LogP contribution in [0, 0.1) is 18.3 Å². The van der Waals surface area contributed by atoms with Gasteiger partial charge >= 0.3 is 0 Å². The van der Waals surface area contributed by atoms with Crippen molar-refractivity contribution >= 4 is 32.6 Å². The molecule has 0 radical (unpaired) electrons. The number of imidazole rings is 1. The summed E-state index contributed by atoms with van der Waals surface area (Å²) < 4.78 is 8.67. The van der Waals surface area contributed by atoms with Gasteiger partial charge in [0.15, 0.2) is 11.5 Å². The van der Waals surface area contributed by atoms with Gasteiger partial charge in [-0.1, -0.05) is 72.8 Å². The van der Waals surface area contributed by atoms with Crippen LogP contribution >= 0.6 is 0 Å². The molecule has 0 aliphatic carbocycles. The number of rotatable bonds is 2. The van der Waals surface area contributed by atoms with Crippen molar-refractivity contribution in [1.82, 2.24) is 9.55 Å². The predicted octanol–water partition coefficient (Wildman–Crippen LogP) is 8.95. The summed E-state index contributed by atoms with van der Waals surface area (Å²) in [4.78, 5) is 4.76. The van der Waals surface area contributed by atoms with Gasteiger partial charge in [0.05, 0.1) is 22.8 Å². The molecule has 4 heteroatoms. The number of ether oxygens (including phenoxy) is 1. The number of nitriles is 1. The van der Waals surface area contributed by atoms with Crippen LogP contribution in [0.4, 0.5) is 0 Å². The minimum Gasteiger partial charge on any atom is -0.453 e. The SMILES string of the molecule is Cc1nc2cccc3c2n1-c1ccc(-c2c4ccccc4c(-c4ccc(C#N)cc4)c4ccccc24)cc1O3. The highest BCUT2D eigenvalue weighted by molar-refractivity contribution is 6.21. The second kappa shape index (κ2) is 8.05. The van der Waals surface area contributed by atoms with Crippen molar-refractivity contribution in [3.63, 3.8) is 0 Å². The van der Waals surface area contributed by atoms with Gasteiger partial charge in [0, 0.05) is 0 Å². The van der Waals surface area contributed by atoms with E-state index in [-0.39, 0.29) is 0 Å². The zero-order chi connectivity index (χ0) is 26.1. The van der Waals surface area contributed by atoms with Gasteiger partial charge in [0.25, 0.3) is 0 Å². The molecule has 1 aliphatic rings. The molecule has 0 fully saturated rings. The van der Waals surface area contributed by atoms with Crippen molar-refractivity contribution < 1.29 is 4.74 Å². The van der Waals surface area contributed by atoms with Crippen molar-refractivity contribution in [1.29, 1.82) is 5.26 Å². The molecule has 0 unspecified atom stereocenters. The largest absolute Gasteiger partial charge is 0.453 e. The highest BCUT2D eigenvalue weighted by atomic mass is 16.5. The van der Waals surface area contributed by atoms with Crippen molar-refractivity contribution in [3.8, 4) is 45.5 Å². The van der Waals surface area contributed by atoms with Crippen LogP contribution in [-0.2, 0) is 0 Å². The fourth-order valence-electron chi connectivity index (χ4n) is 6.11. The van der Waals surface area contributed by atoms with Crippen LogP contribution in [0.5, 0.6) is 11.5 Å². The molecule has 4 nitrogen and oxygen atoms in total. The Morgan fingerprint density at radius 1 is 0.667 bits per heavy atom. The molecule has 7 aromatic rings. The molecule has 2 heterocycles. The Hall–Kier alpha value is -5.40. The third-order valence-electron chi connectivity index (χ3n) is 7.75. The quantitative estimate of drug-likeness (QED) is 0.223. The molecule has 0 saturated carbocycles. The monoisotopic (exact) mass is 499 g/mol. The minimum atomic E-state index is 0.657. The predicted molar refractivity (Wildman–Crippen MR) is 156 cm³/mol. The maximum Gasteiger partial charge on any atom is 0.153 e. The van der Waals surface area contributed by atoms with E-state index in [0.29, 0.717) is 5.56 Å². The van der Waals surface area contributed by atoms with Crippen molar-refractivity contribution in [2.24, 2.45) is 0 Å². The molecule has 1 aromatic heterocycles. The Kier molecular flexibility index (Phi) is 4.47. The molecule has 8 rings (SSSR count). The lowest BCUT2D eigenvalue weighted by molar-refractivity contribution is 0.475. The van der Waals surface area contributed by atoms with Gasteiger partial charge in [-0.15, -0.1) is 0 Å². The lowest BCUT2D eigenvalue weighted by Gasteiger charge is -2.22. The number of hydrogen-bond donors (Lipinski definition) is 0. The average Bonchev–Trinajstić information content (AvgIpc) is 3.33. The number of hydrogen-bond acceptors (Lipinski definition) is 3. The van der Waals surface area contributed by atoms with Gasteiger partial charge in [0.1, 0.15) is 11.3 Å². The molecule has 182 valence electrons. The first-order valence-electron chi connectivity index (χ1n) is 13.0. The van der Waals surface area contributed by atoms with E-state index in [0.717, 1.165) is 45.2 Å². The average molecular weight is 500 g/mol. The van der Waals surface area contributed by atoms with E-state index in [9.17, 15) is 5.26 Å². The molecular formula is C35H21N3O. The van der Waals surface area contributed by atoms with E-state index in [1.165, 1.54) is 32.7 Å². The van der Waals surface area contributed by atoms with Crippen molar-refractivity contribution in [2.75, 3.05) is 0 Å². The Labute approximate surface area is 225 Å². The zero-order valence-corrected chi connectivity index (χ0v) is 21.1. The Bertz CT molecular complexity index is 2110. The molecular weight excluding hydrogens is 478 g/mol. The van der Waals surface area contributed by atoms with Gasteiger partial charge in [0.2, 0.25) is 0 Å². The topological polar surface area (TPSA) is 50.8 Å². The highest BCUT2D eigenvalue weighted by Crippen LogP contribution is 2.47. The molecule has 0 spiro atoms. The Morgan fingerprint density at radius 2 is 1.28 bits per heavy atom. The third-order valence-corrected chi connectivity index (χ3v) is 7.75. The van der Waals surface area contributed by atoms with Crippen LogP contribution in [0.1, 0.15) is 11.4 Å². The summed E-state index contributed by atoms with van der Waals surface area (Å²) in [6.45, 7) is 2.04. The van der Waals surface area contributed by atoms with Crippen LogP contribution < -0.4 is 4.74 Å². The molecule has 39 heavy (non-hydrogen) atoms. The summed E-state index contributed by atoms with van der Waals surface area (Å²) in [5.41, 5.74) is 8.16. The number of fused-ring (bicyclic) bond motifs is 4. The normalized spacial score (nSPS) is 11.9. The highest BCUT2D eigenvalue weighted by Gasteiger charge is 2.24. The lowest BCUT2D eigenvalue weighted by Crippen LogP contribution is -2.05. The standard InChI is InChI=1S/C35H21N3O/c1-21-37-29-11-6-12-31-35(29)38(21)30-18-17-24(19-32(30)39-31)34-27-9-4-2-7-25(27)33(26-8-3-5-10-28(26)34)23-15-13-22(20-36)14-16-23/h2-19H,1H3. The second-order valence-corrected chi connectivity index (χ2v) is 9.93. The molecule has 0 N–H and O–H groups in total. The summed E-state index contributed by atoms with van der Waals surface area (Å²) >= 11 is 0. The van der Waals surface area contributed by atoms with Crippen molar-refractivity contribution in [2.45, 2.75) is 6.92 Å². The van der Waals surface area contributed by atoms with Gasteiger partial charge in [-0.2, -0.15) is 5.26 Å². The first kappa shape index (κ1) is 21.7. The van der Waals surface area contributed by atoms with E-state index in [4.69, 9.17) is 9.72 Å². The van der Waals surface area contributed by atoms with Crippen LogP contribution in [0.15, 0.2) is 109 Å². The zero-order valence-electron chi connectivity index (χ0n) is 21.1. The second-order valence-electron chi connectivity index (χ2n) is 9.93.